The van der Waals surface area contributed by atoms with Gasteiger partial charge in [-0.05, 0) is 31.3 Å². The highest BCUT2D eigenvalue weighted by Crippen LogP contribution is 2.15. The summed E-state index contributed by atoms with van der Waals surface area (Å²) in [5, 5.41) is 3.92. The minimum atomic E-state index is -0.497. The third-order valence-electron chi connectivity index (χ3n) is 3.23. The van der Waals surface area contributed by atoms with Crippen LogP contribution in [0, 0.1) is 5.92 Å². The van der Waals surface area contributed by atoms with E-state index in [0.29, 0.717) is 30.7 Å². The van der Waals surface area contributed by atoms with Gasteiger partial charge in [0.15, 0.2) is 5.82 Å². The summed E-state index contributed by atoms with van der Waals surface area (Å²) < 4.78 is 10.8. The van der Waals surface area contributed by atoms with Crippen molar-refractivity contribution in [3.63, 3.8) is 0 Å². The van der Waals surface area contributed by atoms with E-state index < -0.39 is 6.04 Å². The van der Waals surface area contributed by atoms with Gasteiger partial charge >= 0.3 is 0 Å². The fourth-order valence-electron chi connectivity index (χ4n) is 1.84. The second-order valence-electron chi connectivity index (χ2n) is 6.00. The number of carbonyl (C=O) groups is 1. The van der Waals surface area contributed by atoms with Crippen molar-refractivity contribution in [2.24, 2.45) is 11.7 Å². The summed E-state index contributed by atoms with van der Waals surface area (Å²) >= 11 is 1.67. The summed E-state index contributed by atoms with van der Waals surface area (Å²) in [6.07, 6.45) is 2.41. The zero-order chi connectivity index (χ0) is 17.4. The molecule has 0 bridgehead atoms. The Balaban J connectivity index is 2.52. The van der Waals surface area contributed by atoms with Gasteiger partial charge in [0.1, 0.15) is 6.10 Å². The number of aromatic nitrogens is 2. The number of nitrogens with two attached hydrogens (primary N) is 1. The van der Waals surface area contributed by atoms with Crippen molar-refractivity contribution in [2.45, 2.75) is 45.9 Å². The molecule has 8 heteroatoms. The van der Waals surface area contributed by atoms with Crippen molar-refractivity contribution in [1.29, 1.82) is 0 Å². The Morgan fingerprint density at radius 1 is 1.43 bits per heavy atom. The minimum absolute atomic E-state index is 0.122. The second kappa shape index (κ2) is 9.89. The number of thioether (sulfide) groups is 1. The fourth-order valence-corrected chi connectivity index (χ4v) is 2.33. The van der Waals surface area contributed by atoms with Crippen molar-refractivity contribution in [2.75, 3.05) is 25.7 Å². The smallest absolute Gasteiger partial charge is 0.246 e. The summed E-state index contributed by atoms with van der Waals surface area (Å²) in [4.78, 5) is 18.0. The van der Waals surface area contributed by atoms with Gasteiger partial charge in [-0.25, -0.2) is 0 Å². The zero-order valence-corrected chi connectivity index (χ0v) is 15.4. The van der Waals surface area contributed by atoms with Gasteiger partial charge < -0.3 is 19.9 Å². The van der Waals surface area contributed by atoms with Crippen molar-refractivity contribution >= 4 is 17.7 Å². The van der Waals surface area contributed by atoms with Crippen LogP contribution in [-0.2, 0) is 16.1 Å². The summed E-state index contributed by atoms with van der Waals surface area (Å²) in [6, 6.07) is -0.497. The molecular formula is C15H28N4O3S. The van der Waals surface area contributed by atoms with Crippen LogP contribution >= 0.6 is 11.8 Å². The molecule has 0 saturated carbocycles. The number of rotatable bonds is 10. The second-order valence-corrected chi connectivity index (χ2v) is 6.98. The highest BCUT2D eigenvalue weighted by Gasteiger charge is 2.21. The van der Waals surface area contributed by atoms with Crippen LogP contribution in [0.3, 0.4) is 0 Å². The summed E-state index contributed by atoms with van der Waals surface area (Å²) in [5.74, 6) is 2.05. The first-order chi connectivity index (χ1) is 10.8. The van der Waals surface area contributed by atoms with Crippen LogP contribution in [0.25, 0.3) is 0 Å². The number of nitrogens with zero attached hydrogens (tertiary/aromatic N) is 3. The van der Waals surface area contributed by atoms with Gasteiger partial charge in [0, 0.05) is 13.7 Å². The van der Waals surface area contributed by atoms with Crippen molar-refractivity contribution in [1.82, 2.24) is 15.0 Å². The molecule has 0 aliphatic rings. The number of hydrogen-bond donors (Lipinski definition) is 1. The molecule has 0 aromatic carbocycles. The molecule has 1 heterocycles. The topological polar surface area (TPSA) is 94.5 Å². The predicted molar refractivity (Wildman–Crippen MR) is 91.0 cm³/mol. The number of likely N-dealkylation sites (N-methyl/N-ethyl adjacent to an activating group) is 1. The van der Waals surface area contributed by atoms with Crippen molar-refractivity contribution in [3.05, 3.63) is 11.7 Å². The van der Waals surface area contributed by atoms with Gasteiger partial charge in [0.2, 0.25) is 11.8 Å². The average molecular weight is 344 g/mol. The maximum absolute atomic E-state index is 12.1. The van der Waals surface area contributed by atoms with Crippen LogP contribution in [-0.4, -0.2) is 52.7 Å². The van der Waals surface area contributed by atoms with Gasteiger partial charge in [-0.3, -0.25) is 4.79 Å². The van der Waals surface area contributed by atoms with E-state index in [1.54, 1.807) is 18.8 Å². The molecule has 0 spiro atoms. The van der Waals surface area contributed by atoms with E-state index in [0.717, 1.165) is 5.75 Å². The molecule has 23 heavy (non-hydrogen) atoms. The van der Waals surface area contributed by atoms with E-state index in [1.807, 2.05) is 13.2 Å². The molecule has 1 amide bonds. The first-order valence-corrected chi connectivity index (χ1v) is 9.18. The minimum Gasteiger partial charge on any atom is -0.370 e. The number of ether oxygens (including phenoxy) is 1. The van der Waals surface area contributed by atoms with Crippen LogP contribution in [0.2, 0.25) is 0 Å². The van der Waals surface area contributed by atoms with Gasteiger partial charge in [0.25, 0.3) is 0 Å². The summed E-state index contributed by atoms with van der Waals surface area (Å²) in [7, 11) is 1.68. The van der Waals surface area contributed by atoms with Crippen LogP contribution < -0.4 is 5.73 Å². The molecule has 1 aromatic rings. The van der Waals surface area contributed by atoms with Gasteiger partial charge in [-0.2, -0.15) is 16.7 Å². The van der Waals surface area contributed by atoms with Crippen molar-refractivity contribution < 1.29 is 14.1 Å². The lowest BCUT2D eigenvalue weighted by Gasteiger charge is -2.19. The summed E-state index contributed by atoms with van der Waals surface area (Å²) in [6.45, 7) is 6.91. The molecule has 132 valence electrons. The Kier molecular flexibility index (Phi) is 8.57. The quantitative estimate of drug-likeness (QED) is 0.692. The SMILES string of the molecule is CSCC[C@H](N)C(=O)N(C)Cc1nc(C(C)OCC(C)C)no1. The van der Waals surface area contributed by atoms with Gasteiger partial charge in [-0.1, -0.05) is 19.0 Å². The lowest BCUT2D eigenvalue weighted by Crippen LogP contribution is -2.41. The highest BCUT2D eigenvalue weighted by atomic mass is 32.2. The molecule has 0 aliphatic carbocycles. The molecule has 1 rings (SSSR count). The lowest BCUT2D eigenvalue weighted by molar-refractivity contribution is -0.132. The Hall–Kier alpha value is -1.12. The Bertz CT molecular complexity index is 481. The summed E-state index contributed by atoms with van der Waals surface area (Å²) in [5.41, 5.74) is 5.89. The molecule has 0 aliphatic heterocycles. The number of carbonyl (C=O) groups excluding carboxylic acids is 1. The number of hydrogen-bond acceptors (Lipinski definition) is 7. The van der Waals surface area contributed by atoms with Crippen LogP contribution in [0.4, 0.5) is 0 Å². The van der Waals surface area contributed by atoms with Crippen LogP contribution in [0.1, 0.15) is 45.0 Å². The molecule has 0 radical (unpaired) electrons. The molecule has 0 fully saturated rings. The van der Waals surface area contributed by atoms with E-state index in [1.165, 1.54) is 4.90 Å². The lowest BCUT2D eigenvalue weighted by atomic mass is 10.2. The predicted octanol–water partition coefficient (Wildman–Crippen LogP) is 1.84. The third-order valence-corrected chi connectivity index (χ3v) is 3.87. The fraction of sp³-hybridized carbons (Fsp3) is 0.800. The first kappa shape index (κ1) is 19.9. The molecule has 2 N–H and O–H groups in total. The molecule has 7 nitrogen and oxygen atoms in total. The van der Waals surface area contributed by atoms with E-state index in [4.69, 9.17) is 15.0 Å². The van der Waals surface area contributed by atoms with Crippen LogP contribution in [0.5, 0.6) is 0 Å². The van der Waals surface area contributed by atoms with Gasteiger partial charge in [-0.15, -0.1) is 0 Å². The molecular weight excluding hydrogens is 316 g/mol. The molecule has 1 unspecified atom stereocenters. The van der Waals surface area contributed by atoms with Crippen LogP contribution in [0.15, 0.2) is 4.52 Å². The zero-order valence-electron chi connectivity index (χ0n) is 14.6. The third kappa shape index (κ3) is 6.88. The number of amides is 1. The van der Waals surface area contributed by atoms with E-state index in [9.17, 15) is 4.79 Å². The molecule has 2 atom stereocenters. The standard InChI is InChI=1S/C15H28N4O3S/c1-10(2)9-21-11(3)14-17-13(22-18-14)8-19(4)15(20)12(16)6-7-23-5/h10-12H,6-9,16H2,1-5H3/t11?,12-/m0/s1. The largest absolute Gasteiger partial charge is 0.370 e. The first-order valence-electron chi connectivity index (χ1n) is 7.78. The molecule has 1 aromatic heterocycles. The monoisotopic (exact) mass is 344 g/mol. The Morgan fingerprint density at radius 2 is 2.13 bits per heavy atom. The van der Waals surface area contributed by atoms with E-state index in [-0.39, 0.29) is 18.6 Å². The average Bonchev–Trinajstić information content (AvgIpc) is 2.97. The Morgan fingerprint density at radius 3 is 2.74 bits per heavy atom. The van der Waals surface area contributed by atoms with E-state index in [2.05, 4.69) is 24.0 Å². The maximum atomic E-state index is 12.1. The highest BCUT2D eigenvalue weighted by molar-refractivity contribution is 7.98. The van der Waals surface area contributed by atoms with E-state index >= 15 is 0 Å². The Labute approximate surface area is 142 Å². The normalized spacial score (nSPS) is 14.0. The van der Waals surface area contributed by atoms with Gasteiger partial charge in [0.05, 0.1) is 12.6 Å². The molecule has 0 saturated heterocycles. The maximum Gasteiger partial charge on any atom is 0.246 e. The van der Waals surface area contributed by atoms with Crippen molar-refractivity contribution in [3.8, 4) is 0 Å².